The Kier molecular flexibility index (Phi) is 5.38. The third-order valence-electron chi connectivity index (χ3n) is 3.77. The van der Waals surface area contributed by atoms with Crippen LogP contribution in [0.15, 0.2) is 53.3 Å². The van der Waals surface area contributed by atoms with Gasteiger partial charge in [0.15, 0.2) is 0 Å². The fourth-order valence-electron chi connectivity index (χ4n) is 2.69. The van der Waals surface area contributed by atoms with Crippen LogP contribution in [0.2, 0.25) is 0 Å². The van der Waals surface area contributed by atoms with Gasteiger partial charge < -0.3 is 5.32 Å². The molecule has 0 aliphatic rings. The Labute approximate surface area is 144 Å². The molecule has 2 aromatic rings. The summed E-state index contributed by atoms with van der Waals surface area (Å²) in [4.78, 5) is 2.32. The van der Waals surface area contributed by atoms with Gasteiger partial charge in [-0.3, -0.25) is 0 Å². The van der Waals surface area contributed by atoms with E-state index >= 15 is 0 Å². The number of nitrogens with one attached hydrogen (secondary N) is 1. The second kappa shape index (κ2) is 7.10. The van der Waals surface area contributed by atoms with E-state index in [1.807, 2.05) is 6.92 Å². The Morgan fingerprint density at radius 1 is 0.913 bits per heavy atom. The zero-order valence-corrected chi connectivity index (χ0v) is 15.5. The van der Waals surface area contributed by atoms with Gasteiger partial charge in [0.05, 0.1) is 0 Å². The quantitative estimate of drug-likeness (QED) is 0.620. The van der Waals surface area contributed by atoms with Crippen molar-refractivity contribution in [3.05, 3.63) is 76.2 Å². The van der Waals surface area contributed by atoms with E-state index in [2.05, 4.69) is 76.5 Å². The van der Waals surface area contributed by atoms with E-state index in [4.69, 9.17) is 0 Å². The molecular weight excluding hydrogens is 298 g/mol. The summed E-state index contributed by atoms with van der Waals surface area (Å²) >= 11 is 1.71. The number of allylic oxidation sites excluding steroid dienone is 1. The van der Waals surface area contributed by atoms with Crippen molar-refractivity contribution in [3.8, 4) is 0 Å². The molecule has 0 heterocycles. The van der Waals surface area contributed by atoms with Gasteiger partial charge in [-0.25, -0.2) is 0 Å². The smallest absolute Gasteiger partial charge is 0.0443 e. The van der Waals surface area contributed by atoms with Crippen LogP contribution in [0.1, 0.15) is 34.7 Å². The summed E-state index contributed by atoms with van der Waals surface area (Å²) < 4.78 is 0. The highest BCUT2D eigenvalue weighted by Crippen LogP contribution is 2.31. The Morgan fingerprint density at radius 2 is 1.52 bits per heavy atom. The second-order valence-electron chi connectivity index (χ2n) is 6.16. The summed E-state index contributed by atoms with van der Waals surface area (Å²) in [6.07, 6.45) is 0. The van der Waals surface area contributed by atoms with Gasteiger partial charge in [0.2, 0.25) is 0 Å². The number of thioether (sulfide) groups is 1. The number of benzene rings is 2. The third-order valence-corrected chi connectivity index (χ3v) is 4.78. The Hall–Kier alpha value is -1.93. The van der Waals surface area contributed by atoms with Crippen LogP contribution in [0.4, 0.5) is 5.69 Å². The Morgan fingerprint density at radius 3 is 2.09 bits per heavy atom. The lowest BCUT2D eigenvalue weighted by molar-refractivity contribution is 1.28. The fourth-order valence-corrected chi connectivity index (χ4v) is 3.48. The second-order valence-corrected chi connectivity index (χ2v) is 7.50. The summed E-state index contributed by atoms with van der Waals surface area (Å²) in [5.74, 6) is 0. The maximum absolute atomic E-state index is 4.23. The molecule has 0 amide bonds. The third kappa shape index (κ3) is 4.29. The molecule has 0 fully saturated rings. The largest absolute Gasteiger partial charge is 0.355 e. The summed E-state index contributed by atoms with van der Waals surface area (Å²) in [7, 11) is 0. The molecule has 0 aromatic heterocycles. The van der Waals surface area contributed by atoms with Crippen LogP contribution in [0.5, 0.6) is 0 Å². The Bertz CT molecular complexity index is 748. The van der Waals surface area contributed by atoms with Crippen LogP contribution in [0.25, 0.3) is 5.70 Å². The molecule has 0 bridgehead atoms. The van der Waals surface area contributed by atoms with Crippen LogP contribution in [0, 0.1) is 27.7 Å². The van der Waals surface area contributed by atoms with Crippen LogP contribution < -0.4 is 5.32 Å². The monoisotopic (exact) mass is 323 g/mol. The van der Waals surface area contributed by atoms with Crippen molar-refractivity contribution in [1.82, 2.24) is 0 Å². The van der Waals surface area contributed by atoms with Gasteiger partial charge >= 0.3 is 0 Å². The van der Waals surface area contributed by atoms with Crippen LogP contribution >= 0.6 is 11.8 Å². The molecule has 1 N–H and O–H groups in total. The Balaban J connectivity index is 2.30. The molecule has 0 atom stereocenters. The molecular formula is C21H25NS. The molecule has 0 aliphatic carbocycles. The average molecular weight is 324 g/mol. The zero-order chi connectivity index (χ0) is 17.1. The summed E-state index contributed by atoms with van der Waals surface area (Å²) in [5.41, 5.74) is 8.21. The van der Waals surface area contributed by atoms with E-state index in [9.17, 15) is 0 Å². The topological polar surface area (TPSA) is 12.0 Å². The van der Waals surface area contributed by atoms with Crippen molar-refractivity contribution >= 4 is 23.1 Å². The number of anilines is 1. The van der Waals surface area contributed by atoms with E-state index in [1.54, 1.807) is 11.8 Å². The molecule has 120 valence electrons. The lowest BCUT2D eigenvalue weighted by Gasteiger charge is -2.17. The van der Waals surface area contributed by atoms with E-state index in [-0.39, 0.29) is 0 Å². The first kappa shape index (κ1) is 17.4. The van der Waals surface area contributed by atoms with Gasteiger partial charge in [-0.15, -0.1) is 0 Å². The van der Waals surface area contributed by atoms with Gasteiger partial charge in [-0.05, 0) is 67.8 Å². The van der Waals surface area contributed by atoms with Crippen LogP contribution in [-0.4, -0.2) is 0 Å². The number of aryl methyl sites for hydroxylation is 4. The highest BCUT2D eigenvalue weighted by atomic mass is 32.2. The molecule has 0 spiro atoms. The SMILES string of the molecule is C=C(C)Sc1cc(C(=C)Nc2c(C)cc(C)cc2C)ccc1C. The van der Waals surface area contributed by atoms with Gasteiger partial charge in [0, 0.05) is 16.3 Å². The van der Waals surface area contributed by atoms with Gasteiger partial charge in [-0.2, -0.15) is 0 Å². The van der Waals surface area contributed by atoms with Gasteiger partial charge in [-0.1, -0.05) is 54.7 Å². The molecule has 0 unspecified atom stereocenters. The fraction of sp³-hybridized carbons (Fsp3) is 0.238. The number of hydrogen-bond donors (Lipinski definition) is 1. The first-order valence-corrected chi connectivity index (χ1v) is 8.57. The maximum Gasteiger partial charge on any atom is 0.0443 e. The maximum atomic E-state index is 4.23. The zero-order valence-electron chi connectivity index (χ0n) is 14.7. The van der Waals surface area contributed by atoms with E-state index in [0.717, 1.165) is 21.9 Å². The van der Waals surface area contributed by atoms with Crippen LogP contribution in [-0.2, 0) is 0 Å². The van der Waals surface area contributed by atoms with Crippen molar-refractivity contribution in [2.24, 2.45) is 0 Å². The minimum atomic E-state index is 0.920. The molecule has 2 rings (SSSR count). The average Bonchev–Trinajstić information content (AvgIpc) is 2.44. The number of rotatable bonds is 5. The molecule has 0 radical (unpaired) electrons. The van der Waals surface area contributed by atoms with E-state index in [1.165, 1.54) is 27.1 Å². The molecule has 0 saturated carbocycles. The van der Waals surface area contributed by atoms with Gasteiger partial charge in [0.1, 0.15) is 0 Å². The predicted octanol–water partition coefficient (Wildman–Crippen LogP) is 6.63. The normalized spacial score (nSPS) is 10.5. The van der Waals surface area contributed by atoms with Crippen molar-refractivity contribution < 1.29 is 0 Å². The first-order valence-electron chi connectivity index (χ1n) is 7.76. The lowest BCUT2D eigenvalue weighted by atomic mass is 10.0. The predicted molar refractivity (Wildman–Crippen MR) is 105 cm³/mol. The van der Waals surface area contributed by atoms with Crippen molar-refractivity contribution in [2.75, 3.05) is 5.32 Å². The van der Waals surface area contributed by atoms with Crippen molar-refractivity contribution in [3.63, 3.8) is 0 Å². The summed E-state index contributed by atoms with van der Waals surface area (Å²) in [6, 6.07) is 10.8. The summed E-state index contributed by atoms with van der Waals surface area (Å²) in [5, 5.41) is 3.50. The molecule has 0 saturated heterocycles. The molecule has 2 aromatic carbocycles. The highest BCUT2D eigenvalue weighted by molar-refractivity contribution is 8.03. The first-order chi connectivity index (χ1) is 10.8. The van der Waals surface area contributed by atoms with E-state index in [0.29, 0.717) is 0 Å². The van der Waals surface area contributed by atoms with E-state index < -0.39 is 0 Å². The standard InChI is InChI=1S/C21H25NS/c1-13(2)23-20-12-19(9-8-15(20)4)18(7)22-21-16(5)10-14(3)11-17(21)6/h8-12,22H,1,7H2,2-6H3. The van der Waals surface area contributed by atoms with Crippen LogP contribution in [0.3, 0.4) is 0 Å². The molecule has 1 nitrogen and oxygen atoms in total. The molecule has 23 heavy (non-hydrogen) atoms. The highest BCUT2D eigenvalue weighted by Gasteiger charge is 2.08. The minimum absolute atomic E-state index is 0.920. The lowest BCUT2D eigenvalue weighted by Crippen LogP contribution is -2.02. The minimum Gasteiger partial charge on any atom is -0.355 e. The number of hydrogen-bond acceptors (Lipinski definition) is 2. The molecule has 2 heteroatoms. The van der Waals surface area contributed by atoms with Gasteiger partial charge in [0.25, 0.3) is 0 Å². The van der Waals surface area contributed by atoms with Crippen molar-refractivity contribution in [2.45, 2.75) is 39.5 Å². The van der Waals surface area contributed by atoms with Crippen molar-refractivity contribution in [1.29, 1.82) is 0 Å². The summed E-state index contributed by atoms with van der Waals surface area (Å²) in [6.45, 7) is 18.8. The molecule has 0 aliphatic heterocycles.